The maximum Gasteiger partial charge on any atom is 0.169 e. The lowest BCUT2D eigenvalue weighted by Crippen LogP contribution is -1.99. The quantitative estimate of drug-likeness (QED) is 0.230. The van der Waals surface area contributed by atoms with Crippen LogP contribution in [0.3, 0.4) is 0 Å². The summed E-state index contributed by atoms with van der Waals surface area (Å²) in [6.45, 7) is 6.83. The van der Waals surface area contributed by atoms with Gasteiger partial charge in [-0.05, 0) is 6.72 Å². The van der Waals surface area contributed by atoms with Gasteiger partial charge in [-0.1, -0.05) is 18.6 Å². The van der Waals surface area contributed by atoms with Gasteiger partial charge in [-0.25, -0.2) is 0 Å². The summed E-state index contributed by atoms with van der Waals surface area (Å²) >= 11 is 0. The van der Waals surface area contributed by atoms with Crippen LogP contribution in [0.15, 0.2) is 40.7 Å². The molecule has 0 aliphatic heterocycles. The number of nitrogens with zero attached hydrogens (tertiary/aromatic N) is 1. The second-order valence-corrected chi connectivity index (χ2v) is 2.27. The Hall–Kier alpha value is -2.08. The number of rotatable bonds is 5. The van der Waals surface area contributed by atoms with Crippen LogP contribution in [0.2, 0.25) is 0 Å². The molecule has 0 radical (unpaired) electrons. The molecule has 0 aliphatic carbocycles. The molecule has 0 aliphatic rings. The highest BCUT2D eigenvalue weighted by Crippen LogP contribution is 2.14. The van der Waals surface area contributed by atoms with Gasteiger partial charge in [0.2, 0.25) is 0 Å². The lowest BCUT2D eigenvalue weighted by atomic mass is 10.1. The standard InChI is InChI=1S/C11H12N2O/c1-5-9(7-12-3)10(6-2)11(8-14)13-4/h1,6-8,12H,2,4H2,3H3/b9-7-,11-10+. The van der Waals surface area contributed by atoms with Crippen molar-refractivity contribution in [3.05, 3.63) is 35.7 Å². The molecule has 0 aromatic rings. The van der Waals surface area contributed by atoms with Crippen LogP contribution < -0.4 is 5.32 Å². The van der Waals surface area contributed by atoms with Crippen molar-refractivity contribution in [2.45, 2.75) is 0 Å². The van der Waals surface area contributed by atoms with E-state index in [0.717, 1.165) is 0 Å². The molecule has 0 spiro atoms. The first-order valence-corrected chi connectivity index (χ1v) is 3.88. The van der Waals surface area contributed by atoms with Gasteiger partial charge in [0.15, 0.2) is 6.29 Å². The molecule has 1 N–H and O–H groups in total. The van der Waals surface area contributed by atoms with E-state index in [-0.39, 0.29) is 5.70 Å². The van der Waals surface area contributed by atoms with E-state index in [1.54, 1.807) is 13.2 Å². The number of carbonyl (C=O) groups is 1. The van der Waals surface area contributed by atoms with Crippen LogP contribution >= 0.6 is 0 Å². The molecule has 0 amide bonds. The van der Waals surface area contributed by atoms with Gasteiger partial charge >= 0.3 is 0 Å². The summed E-state index contributed by atoms with van der Waals surface area (Å²) in [7, 11) is 1.71. The largest absolute Gasteiger partial charge is 0.393 e. The molecular formula is C11H12N2O. The van der Waals surface area contributed by atoms with Crippen molar-refractivity contribution in [2.75, 3.05) is 7.05 Å². The van der Waals surface area contributed by atoms with Gasteiger partial charge in [0.05, 0.1) is 0 Å². The van der Waals surface area contributed by atoms with Gasteiger partial charge in [-0.3, -0.25) is 9.79 Å². The molecular weight excluding hydrogens is 176 g/mol. The average Bonchev–Trinajstić information content (AvgIpc) is 2.23. The highest BCUT2D eigenvalue weighted by atomic mass is 16.1. The fourth-order valence-electron chi connectivity index (χ4n) is 0.880. The van der Waals surface area contributed by atoms with Gasteiger partial charge in [-0.2, -0.15) is 0 Å². The zero-order valence-corrected chi connectivity index (χ0v) is 8.08. The topological polar surface area (TPSA) is 41.5 Å². The summed E-state index contributed by atoms with van der Waals surface area (Å²) in [5, 5.41) is 2.77. The molecule has 0 bridgehead atoms. The van der Waals surface area contributed by atoms with Crippen molar-refractivity contribution < 1.29 is 4.79 Å². The van der Waals surface area contributed by atoms with E-state index in [1.807, 2.05) is 0 Å². The zero-order chi connectivity index (χ0) is 11.0. The van der Waals surface area contributed by atoms with Crippen LogP contribution in [0.1, 0.15) is 0 Å². The zero-order valence-electron chi connectivity index (χ0n) is 8.08. The number of carbonyl (C=O) groups excluding carboxylic acids is 1. The van der Waals surface area contributed by atoms with Crippen molar-refractivity contribution >= 4 is 13.0 Å². The fourth-order valence-corrected chi connectivity index (χ4v) is 0.880. The Balaban J connectivity index is 5.47. The maximum absolute atomic E-state index is 10.6. The normalized spacial score (nSPS) is 12.1. The molecule has 0 rings (SSSR count). The summed E-state index contributed by atoms with van der Waals surface area (Å²) < 4.78 is 0. The Morgan fingerprint density at radius 3 is 2.57 bits per heavy atom. The van der Waals surface area contributed by atoms with Crippen LogP contribution in [0.5, 0.6) is 0 Å². The van der Waals surface area contributed by atoms with Crippen molar-refractivity contribution in [3.63, 3.8) is 0 Å². The number of hydrogen-bond donors (Lipinski definition) is 1. The van der Waals surface area contributed by atoms with Crippen molar-refractivity contribution in [1.29, 1.82) is 0 Å². The van der Waals surface area contributed by atoms with E-state index in [1.165, 1.54) is 6.08 Å². The lowest BCUT2D eigenvalue weighted by Gasteiger charge is -2.02. The van der Waals surface area contributed by atoms with Crippen LogP contribution in [0, 0.1) is 12.3 Å². The number of aldehydes is 1. The molecule has 72 valence electrons. The van der Waals surface area contributed by atoms with Crippen LogP contribution in [0.4, 0.5) is 0 Å². The predicted molar refractivity (Wildman–Crippen MR) is 58.8 cm³/mol. The molecule has 0 saturated carbocycles. The second-order valence-electron chi connectivity index (χ2n) is 2.27. The van der Waals surface area contributed by atoms with E-state index >= 15 is 0 Å². The number of nitrogens with one attached hydrogen (secondary N) is 1. The fraction of sp³-hybridized carbons (Fsp3) is 0.0909. The van der Waals surface area contributed by atoms with Crippen molar-refractivity contribution in [1.82, 2.24) is 5.32 Å². The number of terminal acetylenes is 1. The van der Waals surface area contributed by atoms with Gasteiger partial charge in [-0.15, -0.1) is 6.42 Å². The van der Waals surface area contributed by atoms with Crippen LogP contribution in [0.25, 0.3) is 0 Å². The van der Waals surface area contributed by atoms with Gasteiger partial charge in [0.1, 0.15) is 5.70 Å². The molecule has 0 unspecified atom stereocenters. The second kappa shape index (κ2) is 6.44. The van der Waals surface area contributed by atoms with Crippen LogP contribution in [-0.2, 0) is 4.79 Å². The Kier molecular flexibility index (Phi) is 5.48. The van der Waals surface area contributed by atoms with E-state index in [4.69, 9.17) is 6.42 Å². The minimum atomic E-state index is 0.180. The molecule has 0 saturated heterocycles. The molecule has 3 nitrogen and oxygen atoms in total. The SMILES string of the molecule is C#CC(=C/NC)/C(C=C)=C(\C=O)N=C. The third-order valence-electron chi connectivity index (χ3n) is 1.50. The highest BCUT2D eigenvalue weighted by Gasteiger charge is 2.04. The van der Waals surface area contributed by atoms with Crippen molar-refractivity contribution in [3.8, 4) is 12.3 Å². The van der Waals surface area contributed by atoms with Gasteiger partial charge in [0, 0.05) is 24.4 Å². The number of allylic oxidation sites excluding steroid dienone is 4. The Bertz CT molecular complexity index is 333. The highest BCUT2D eigenvalue weighted by molar-refractivity contribution is 5.79. The van der Waals surface area contributed by atoms with E-state index in [0.29, 0.717) is 17.4 Å². The van der Waals surface area contributed by atoms with E-state index < -0.39 is 0 Å². The molecule has 0 aromatic carbocycles. The maximum atomic E-state index is 10.6. The van der Waals surface area contributed by atoms with E-state index in [2.05, 4.69) is 29.5 Å². The summed E-state index contributed by atoms with van der Waals surface area (Å²) in [6, 6.07) is 0. The Morgan fingerprint density at radius 2 is 2.29 bits per heavy atom. The molecule has 0 atom stereocenters. The van der Waals surface area contributed by atoms with Gasteiger partial charge < -0.3 is 5.32 Å². The monoisotopic (exact) mass is 188 g/mol. The number of hydrogen-bond acceptors (Lipinski definition) is 3. The minimum Gasteiger partial charge on any atom is -0.393 e. The van der Waals surface area contributed by atoms with Gasteiger partial charge in [0.25, 0.3) is 0 Å². The summed E-state index contributed by atoms with van der Waals surface area (Å²) in [5.74, 6) is 2.43. The average molecular weight is 188 g/mol. The first-order chi connectivity index (χ1) is 6.74. The van der Waals surface area contributed by atoms with E-state index in [9.17, 15) is 4.79 Å². The summed E-state index contributed by atoms with van der Waals surface area (Å²) in [4.78, 5) is 14.2. The Labute approximate surface area is 83.9 Å². The predicted octanol–water partition coefficient (Wildman–Crippen LogP) is 1.06. The van der Waals surface area contributed by atoms with Crippen LogP contribution in [-0.4, -0.2) is 20.1 Å². The lowest BCUT2D eigenvalue weighted by molar-refractivity contribution is -0.104. The van der Waals surface area contributed by atoms with Crippen molar-refractivity contribution in [2.24, 2.45) is 4.99 Å². The molecule has 0 aromatic heterocycles. The smallest absolute Gasteiger partial charge is 0.169 e. The molecule has 3 heteroatoms. The Morgan fingerprint density at radius 1 is 1.64 bits per heavy atom. The molecule has 0 heterocycles. The third-order valence-corrected chi connectivity index (χ3v) is 1.50. The summed E-state index contributed by atoms with van der Waals surface area (Å²) in [5.41, 5.74) is 1.18. The molecule has 14 heavy (non-hydrogen) atoms. The number of aliphatic imine (C=N–C) groups is 1. The first kappa shape index (κ1) is 11.9. The molecule has 0 fully saturated rings. The summed E-state index contributed by atoms with van der Waals surface area (Å²) in [6.07, 6.45) is 8.92. The third kappa shape index (κ3) is 2.76. The first-order valence-electron chi connectivity index (χ1n) is 3.88. The minimum absolute atomic E-state index is 0.180.